The van der Waals surface area contributed by atoms with Crippen LogP contribution in [-0.2, 0) is 21.4 Å². The van der Waals surface area contributed by atoms with Crippen molar-refractivity contribution in [3.63, 3.8) is 0 Å². The van der Waals surface area contributed by atoms with Gasteiger partial charge in [0.25, 0.3) is 5.91 Å². The van der Waals surface area contributed by atoms with E-state index in [0.717, 1.165) is 16.0 Å². The molecule has 3 heterocycles. The molecule has 0 unspecified atom stereocenters. The first-order valence-corrected chi connectivity index (χ1v) is 17.3. The van der Waals surface area contributed by atoms with Crippen LogP contribution in [0, 0.1) is 11.7 Å². The summed E-state index contributed by atoms with van der Waals surface area (Å²) in [7, 11) is 0. The zero-order valence-corrected chi connectivity index (χ0v) is 29.5. The average Bonchev–Trinajstić information content (AvgIpc) is 3.60. The Morgan fingerprint density at radius 1 is 0.902 bits per heavy atom. The SMILES string of the molecule is CC(=O)c1cccc(-c2ccc(-c3cnc(-c4ccc(C[C@H](NC(=O)c5ccc(C(C)(C)C)s5)C(=O)N5CC(C(=O)O)C5)cc4)nc3)c(F)c2)c1. The normalized spacial score (nSPS) is 13.7. The molecule has 0 bridgehead atoms. The van der Waals surface area contributed by atoms with Crippen LogP contribution in [0.1, 0.15) is 58.2 Å². The zero-order chi connectivity index (χ0) is 36.4. The summed E-state index contributed by atoms with van der Waals surface area (Å²) in [5.41, 5.74) is 4.16. The van der Waals surface area contributed by atoms with Gasteiger partial charge >= 0.3 is 5.97 Å². The smallest absolute Gasteiger partial charge is 0.310 e. The van der Waals surface area contributed by atoms with Gasteiger partial charge in [0, 0.05) is 59.0 Å². The molecule has 1 atom stereocenters. The molecule has 2 aromatic heterocycles. The fourth-order valence-electron chi connectivity index (χ4n) is 5.82. The Bertz CT molecular complexity index is 2120. The molecule has 0 aliphatic carbocycles. The van der Waals surface area contributed by atoms with E-state index in [1.54, 1.807) is 48.8 Å². The number of thiophene rings is 1. The summed E-state index contributed by atoms with van der Waals surface area (Å²) < 4.78 is 15.3. The molecule has 1 aliphatic heterocycles. The van der Waals surface area contributed by atoms with Crippen LogP contribution in [-0.4, -0.2) is 62.7 Å². The number of aromatic nitrogens is 2. The summed E-state index contributed by atoms with van der Waals surface area (Å²) in [5, 5.41) is 12.2. The minimum atomic E-state index is -0.949. The van der Waals surface area contributed by atoms with Crippen molar-refractivity contribution < 1.29 is 28.7 Å². The molecule has 1 fully saturated rings. The van der Waals surface area contributed by atoms with E-state index in [1.807, 2.05) is 36.4 Å². The van der Waals surface area contributed by atoms with Crippen molar-refractivity contribution in [3.05, 3.63) is 118 Å². The predicted octanol–water partition coefficient (Wildman–Crippen LogP) is 7.06. The van der Waals surface area contributed by atoms with Gasteiger partial charge in [0.1, 0.15) is 11.9 Å². The number of carboxylic acid groups (broad SMARTS) is 1. The second-order valence-electron chi connectivity index (χ2n) is 13.7. The number of carbonyl (C=O) groups is 4. The first-order valence-electron chi connectivity index (χ1n) is 16.5. The summed E-state index contributed by atoms with van der Waals surface area (Å²) in [6, 6.07) is 22.0. The Hall–Kier alpha value is -5.55. The quantitative estimate of drug-likeness (QED) is 0.149. The molecule has 0 spiro atoms. The molecular weight excluding hydrogens is 668 g/mol. The van der Waals surface area contributed by atoms with Gasteiger partial charge < -0.3 is 15.3 Å². The largest absolute Gasteiger partial charge is 0.481 e. The summed E-state index contributed by atoms with van der Waals surface area (Å²) in [5.74, 6) is -2.33. The third kappa shape index (κ3) is 7.94. The van der Waals surface area contributed by atoms with Crippen molar-refractivity contribution in [1.29, 1.82) is 0 Å². The van der Waals surface area contributed by atoms with E-state index in [2.05, 4.69) is 36.1 Å². The molecule has 6 rings (SSSR count). The van der Waals surface area contributed by atoms with Crippen LogP contribution < -0.4 is 5.32 Å². The van der Waals surface area contributed by atoms with Gasteiger partial charge in [0.15, 0.2) is 11.6 Å². The van der Waals surface area contributed by atoms with Crippen LogP contribution in [0.25, 0.3) is 33.6 Å². The van der Waals surface area contributed by atoms with E-state index < -0.39 is 23.7 Å². The topological polar surface area (TPSA) is 130 Å². The Kier molecular flexibility index (Phi) is 9.93. The highest BCUT2D eigenvalue weighted by molar-refractivity contribution is 7.14. The van der Waals surface area contributed by atoms with Crippen LogP contribution in [0.5, 0.6) is 0 Å². The molecule has 51 heavy (non-hydrogen) atoms. The first kappa shape index (κ1) is 35.3. The lowest BCUT2D eigenvalue weighted by molar-refractivity contribution is -0.153. The number of amides is 2. The Balaban J connectivity index is 1.16. The Morgan fingerprint density at radius 3 is 2.18 bits per heavy atom. The van der Waals surface area contributed by atoms with Gasteiger partial charge in [-0.05, 0) is 53.3 Å². The number of likely N-dealkylation sites (tertiary alicyclic amines) is 1. The monoisotopic (exact) mass is 704 g/mol. The maximum Gasteiger partial charge on any atom is 0.310 e. The molecule has 11 heteroatoms. The van der Waals surface area contributed by atoms with Crippen molar-refractivity contribution >= 4 is 34.9 Å². The van der Waals surface area contributed by atoms with Crippen LogP contribution >= 0.6 is 11.3 Å². The van der Waals surface area contributed by atoms with Gasteiger partial charge in [0.2, 0.25) is 5.91 Å². The number of halogens is 1. The van der Waals surface area contributed by atoms with Crippen LogP contribution in [0.15, 0.2) is 91.3 Å². The van der Waals surface area contributed by atoms with E-state index in [9.17, 15) is 24.3 Å². The lowest BCUT2D eigenvalue weighted by Crippen LogP contribution is -2.59. The van der Waals surface area contributed by atoms with Crippen molar-refractivity contribution in [2.75, 3.05) is 13.1 Å². The van der Waals surface area contributed by atoms with Gasteiger partial charge in [0.05, 0.1) is 10.8 Å². The van der Waals surface area contributed by atoms with Crippen molar-refractivity contribution in [3.8, 4) is 33.6 Å². The summed E-state index contributed by atoms with van der Waals surface area (Å²) in [6.45, 7) is 7.89. The molecule has 260 valence electrons. The molecule has 0 saturated carbocycles. The Labute approximate surface area is 299 Å². The van der Waals surface area contributed by atoms with Crippen LogP contribution in [0.4, 0.5) is 4.39 Å². The summed E-state index contributed by atoms with van der Waals surface area (Å²) in [4.78, 5) is 61.9. The highest BCUT2D eigenvalue weighted by atomic mass is 32.1. The van der Waals surface area contributed by atoms with Crippen LogP contribution in [0.3, 0.4) is 0 Å². The van der Waals surface area contributed by atoms with E-state index in [-0.39, 0.29) is 42.5 Å². The molecule has 2 N–H and O–H groups in total. The van der Waals surface area contributed by atoms with Gasteiger partial charge in [-0.3, -0.25) is 19.2 Å². The average molecular weight is 705 g/mol. The number of Topliss-reactive ketones (excluding diaryl/α,β-unsaturated/α-hetero) is 1. The van der Waals surface area contributed by atoms with Crippen molar-refractivity contribution in [2.24, 2.45) is 5.92 Å². The third-order valence-corrected chi connectivity index (χ3v) is 10.4. The molecule has 1 aliphatic rings. The lowest BCUT2D eigenvalue weighted by atomic mass is 9.95. The number of benzene rings is 3. The third-order valence-electron chi connectivity index (χ3n) is 8.90. The van der Waals surface area contributed by atoms with E-state index in [0.29, 0.717) is 38.5 Å². The molecule has 1 saturated heterocycles. The molecular formula is C40H37FN4O5S. The number of rotatable bonds is 10. The standard InChI is InChI=1S/C40H37FN4O5S/c1-23(46)26-6-5-7-27(17-26)28-12-13-31(32(41)18-28)29-19-42-36(43-20-29)25-10-8-24(9-11-25)16-33(38(48)45-21-30(22-45)39(49)50)44-37(47)34-14-15-35(51-34)40(2,3)4/h5-15,17-20,30,33H,16,21-22H2,1-4H3,(H,44,47)(H,49,50)/t33-/m0/s1. The molecule has 9 nitrogen and oxygen atoms in total. The number of nitrogens with zero attached hydrogens (tertiary/aromatic N) is 3. The number of carboxylic acids is 1. The maximum atomic E-state index is 15.3. The van der Waals surface area contributed by atoms with Gasteiger partial charge in [-0.2, -0.15) is 0 Å². The maximum absolute atomic E-state index is 15.3. The van der Waals surface area contributed by atoms with Crippen molar-refractivity contribution in [2.45, 2.75) is 45.6 Å². The number of carbonyl (C=O) groups excluding carboxylic acids is 3. The lowest BCUT2D eigenvalue weighted by Gasteiger charge is -2.38. The number of ketones is 1. The predicted molar refractivity (Wildman–Crippen MR) is 194 cm³/mol. The van der Waals surface area contributed by atoms with Crippen LogP contribution in [0.2, 0.25) is 0 Å². The second-order valence-corrected chi connectivity index (χ2v) is 14.8. The molecule has 5 aromatic rings. The molecule has 3 aromatic carbocycles. The van der Waals surface area contributed by atoms with Gasteiger partial charge in [-0.25, -0.2) is 14.4 Å². The van der Waals surface area contributed by atoms with Gasteiger partial charge in [-0.1, -0.05) is 75.4 Å². The summed E-state index contributed by atoms with van der Waals surface area (Å²) >= 11 is 1.38. The summed E-state index contributed by atoms with van der Waals surface area (Å²) in [6.07, 6.45) is 3.31. The van der Waals surface area contributed by atoms with E-state index in [1.165, 1.54) is 29.2 Å². The van der Waals surface area contributed by atoms with E-state index in [4.69, 9.17) is 0 Å². The van der Waals surface area contributed by atoms with E-state index >= 15 is 4.39 Å². The molecule has 0 radical (unpaired) electrons. The number of aliphatic carboxylic acids is 1. The van der Waals surface area contributed by atoms with Gasteiger partial charge in [-0.15, -0.1) is 11.3 Å². The van der Waals surface area contributed by atoms with Crippen molar-refractivity contribution in [1.82, 2.24) is 20.2 Å². The minimum Gasteiger partial charge on any atom is -0.481 e. The zero-order valence-electron chi connectivity index (χ0n) is 28.6. The fourth-order valence-corrected chi connectivity index (χ4v) is 6.78. The highest BCUT2D eigenvalue weighted by Gasteiger charge is 2.39. The first-order chi connectivity index (χ1) is 24.3. The number of nitrogens with one attached hydrogen (secondary N) is 1. The molecule has 2 amide bonds. The number of hydrogen-bond acceptors (Lipinski definition) is 7. The highest BCUT2D eigenvalue weighted by Crippen LogP contribution is 2.31. The minimum absolute atomic E-state index is 0.0624. The Morgan fingerprint density at radius 2 is 1.57 bits per heavy atom. The number of hydrogen-bond donors (Lipinski definition) is 2. The fraction of sp³-hybridized carbons (Fsp3) is 0.250. The second kappa shape index (κ2) is 14.4.